The Balaban J connectivity index is 1.51. The first-order valence-corrected chi connectivity index (χ1v) is 9.11. The van der Waals surface area contributed by atoms with Gasteiger partial charge in [-0.3, -0.25) is 9.59 Å². The second-order valence-corrected chi connectivity index (χ2v) is 7.05. The first-order valence-electron chi connectivity index (χ1n) is 9.11. The first kappa shape index (κ1) is 17.3. The lowest BCUT2D eigenvalue weighted by Gasteiger charge is -2.24. The Morgan fingerprint density at radius 1 is 1.04 bits per heavy atom. The minimum atomic E-state index is -0.532. The quantitative estimate of drug-likeness (QED) is 0.851. The number of carbonyl (C=O) groups excluding carboxylic acids is 2. The molecule has 1 atom stereocenters. The fourth-order valence-corrected chi connectivity index (χ4v) is 3.75. The smallest absolute Gasteiger partial charge is 0.407 e. The average Bonchev–Trinajstić information content (AvgIpc) is 2.92. The number of nitrogens with one attached hydrogen (secondary N) is 2. The highest BCUT2D eigenvalue weighted by Crippen LogP contribution is 2.29. The molecule has 2 aliphatic heterocycles. The van der Waals surface area contributed by atoms with Crippen molar-refractivity contribution in [3.05, 3.63) is 58.4 Å². The number of nitrogens with zero attached hydrogens (tertiary/aromatic N) is 1. The van der Waals surface area contributed by atoms with Crippen molar-refractivity contribution < 1.29 is 14.3 Å². The molecule has 2 amide bonds. The molecular weight excluding hydrogens is 346 g/mol. The number of ether oxygens (including phenoxy) is 1. The molecule has 140 valence electrons. The summed E-state index contributed by atoms with van der Waals surface area (Å²) in [6.45, 7) is 1.46. The predicted molar refractivity (Wildman–Crippen MR) is 99.5 cm³/mol. The number of hydrogen-bond acceptors (Lipinski definition) is 4. The summed E-state index contributed by atoms with van der Waals surface area (Å²) >= 11 is 0. The van der Waals surface area contributed by atoms with Gasteiger partial charge in [-0.1, -0.05) is 30.3 Å². The lowest BCUT2D eigenvalue weighted by Crippen LogP contribution is -2.38. The SMILES string of the molecule is O=C1NC[C@]2(CCCN(C(=O)c3ccc(-c4ccccc4)[nH]c3=O)CC2)O1. The van der Waals surface area contributed by atoms with Crippen molar-refractivity contribution in [2.75, 3.05) is 19.6 Å². The fourth-order valence-electron chi connectivity index (χ4n) is 3.75. The second-order valence-electron chi connectivity index (χ2n) is 7.05. The Morgan fingerprint density at radius 2 is 1.85 bits per heavy atom. The minimum absolute atomic E-state index is 0.132. The van der Waals surface area contributed by atoms with Crippen molar-refractivity contribution in [2.45, 2.75) is 24.9 Å². The number of rotatable bonds is 2. The number of hydrogen-bond donors (Lipinski definition) is 2. The van der Waals surface area contributed by atoms with Gasteiger partial charge in [0.05, 0.1) is 6.54 Å². The van der Waals surface area contributed by atoms with Crippen molar-refractivity contribution >= 4 is 12.0 Å². The van der Waals surface area contributed by atoms with E-state index < -0.39 is 17.3 Å². The molecule has 4 rings (SSSR count). The van der Waals surface area contributed by atoms with Gasteiger partial charge in [0.15, 0.2) is 0 Å². The van der Waals surface area contributed by atoms with E-state index in [1.165, 1.54) is 0 Å². The molecule has 7 nitrogen and oxygen atoms in total. The van der Waals surface area contributed by atoms with Crippen molar-refractivity contribution in [2.24, 2.45) is 0 Å². The highest BCUT2D eigenvalue weighted by atomic mass is 16.6. The number of amides is 2. The normalized spacial score (nSPS) is 22.2. The molecule has 1 spiro atoms. The number of likely N-dealkylation sites (tertiary alicyclic amines) is 1. The van der Waals surface area contributed by atoms with Gasteiger partial charge in [0.1, 0.15) is 11.2 Å². The Morgan fingerprint density at radius 3 is 2.56 bits per heavy atom. The Kier molecular flexibility index (Phi) is 4.43. The van der Waals surface area contributed by atoms with Crippen LogP contribution in [0.3, 0.4) is 0 Å². The summed E-state index contributed by atoms with van der Waals surface area (Å²) in [5.41, 5.74) is 0.772. The van der Waals surface area contributed by atoms with E-state index in [9.17, 15) is 14.4 Å². The van der Waals surface area contributed by atoms with E-state index in [1.807, 2.05) is 30.3 Å². The lowest BCUT2D eigenvalue weighted by atomic mass is 9.95. The molecule has 2 fully saturated rings. The minimum Gasteiger partial charge on any atom is -0.441 e. The summed E-state index contributed by atoms with van der Waals surface area (Å²) in [5, 5.41) is 2.69. The molecule has 0 aliphatic carbocycles. The van der Waals surface area contributed by atoms with Gasteiger partial charge < -0.3 is 19.9 Å². The molecule has 0 unspecified atom stereocenters. The number of aromatic nitrogens is 1. The summed E-state index contributed by atoms with van der Waals surface area (Å²) in [7, 11) is 0. The maximum atomic E-state index is 12.9. The molecule has 27 heavy (non-hydrogen) atoms. The number of alkyl carbamates (subject to hydrolysis) is 1. The van der Waals surface area contributed by atoms with Crippen LogP contribution in [0.1, 0.15) is 29.6 Å². The average molecular weight is 367 g/mol. The standard InChI is InChI=1S/C20H21N3O4/c24-17-15(7-8-16(22-17)14-5-2-1-3-6-14)18(25)23-11-4-9-20(10-12-23)13-21-19(26)27-20/h1-3,5-8H,4,9-13H2,(H,21,26)(H,22,24)/t20-/m1/s1. The number of aromatic amines is 1. The van der Waals surface area contributed by atoms with E-state index in [4.69, 9.17) is 4.74 Å². The van der Waals surface area contributed by atoms with E-state index in [0.717, 1.165) is 12.0 Å². The van der Waals surface area contributed by atoms with Crippen LogP contribution >= 0.6 is 0 Å². The van der Waals surface area contributed by atoms with Gasteiger partial charge in [-0.15, -0.1) is 0 Å². The van der Waals surface area contributed by atoms with Crippen molar-refractivity contribution in [3.8, 4) is 11.3 Å². The molecule has 2 aliphatic rings. The molecule has 0 bridgehead atoms. The summed E-state index contributed by atoms with van der Waals surface area (Å²) in [5.74, 6) is -0.287. The molecule has 3 heterocycles. The van der Waals surface area contributed by atoms with E-state index in [-0.39, 0.29) is 11.5 Å². The number of pyridine rings is 1. The van der Waals surface area contributed by atoms with E-state index >= 15 is 0 Å². The van der Waals surface area contributed by atoms with Gasteiger partial charge in [-0.05, 0) is 30.5 Å². The maximum absolute atomic E-state index is 12.9. The zero-order chi connectivity index (χ0) is 18.9. The van der Waals surface area contributed by atoms with Crippen molar-refractivity contribution in [1.29, 1.82) is 0 Å². The van der Waals surface area contributed by atoms with Crippen LogP contribution in [-0.2, 0) is 4.74 Å². The summed E-state index contributed by atoms with van der Waals surface area (Å²) in [6, 6.07) is 12.8. The summed E-state index contributed by atoms with van der Waals surface area (Å²) in [6.07, 6.45) is 1.60. The Labute approximate surface area is 156 Å². The first-order chi connectivity index (χ1) is 13.1. The van der Waals surface area contributed by atoms with Crippen LogP contribution in [0.25, 0.3) is 11.3 Å². The van der Waals surface area contributed by atoms with Crippen LogP contribution in [0.4, 0.5) is 4.79 Å². The highest BCUT2D eigenvalue weighted by molar-refractivity contribution is 5.94. The highest BCUT2D eigenvalue weighted by Gasteiger charge is 2.42. The van der Waals surface area contributed by atoms with Gasteiger partial charge in [0.25, 0.3) is 11.5 Å². The maximum Gasteiger partial charge on any atom is 0.407 e. The number of benzene rings is 1. The second kappa shape index (κ2) is 6.90. The summed E-state index contributed by atoms with van der Waals surface area (Å²) in [4.78, 5) is 41.2. The number of H-pyrrole nitrogens is 1. The molecule has 2 saturated heterocycles. The third-order valence-corrected chi connectivity index (χ3v) is 5.27. The van der Waals surface area contributed by atoms with Crippen molar-refractivity contribution in [3.63, 3.8) is 0 Å². The largest absolute Gasteiger partial charge is 0.441 e. The van der Waals surface area contributed by atoms with E-state index in [1.54, 1.807) is 17.0 Å². The molecule has 1 aromatic carbocycles. The van der Waals surface area contributed by atoms with Gasteiger partial charge in [0, 0.05) is 25.2 Å². The third kappa shape index (κ3) is 3.45. The Hall–Kier alpha value is -3.09. The molecule has 0 saturated carbocycles. The zero-order valence-electron chi connectivity index (χ0n) is 14.9. The summed E-state index contributed by atoms with van der Waals surface area (Å²) < 4.78 is 5.44. The van der Waals surface area contributed by atoms with Gasteiger partial charge in [-0.25, -0.2) is 4.79 Å². The van der Waals surface area contributed by atoms with E-state index in [0.29, 0.717) is 38.2 Å². The predicted octanol–water partition coefficient (Wildman–Crippen LogP) is 2.15. The van der Waals surface area contributed by atoms with Gasteiger partial charge >= 0.3 is 6.09 Å². The van der Waals surface area contributed by atoms with Crippen LogP contribution < -0.4 is 10.9 Å². The van der Waals surface area contributed by atoms with Crippen LogP contribution in [0.5, 0.6) is 0 Å². The molecule has 7 heteroatoms. The molecular formula is C20H21N3O4. The van der Waals surface area contributed by atoms with Crippen LogP contribution in [0.2, 0.25) is 0 Å². The zero-order valence-corrected chi connectivity index (χ0v) is 14.9. The fraction of sp³-hybridized carbons (Fsp3) is 0.350. The molecule has 2 aromatic rings. The molecule has 0 radical (unpaired) electrons. The topological polar surface area (TPSA) is 91.5 Å². The third-order valence-electron chi connectivity index (χ3n) is 5.27. The molecule has 1 aromatic heterocycles. The van der Waals surface area contributed by atoms with Crippen LogP contribution in [0, 0.1) is 0 Å². The van der Waals surface area contributed by atoms with Crippen LogP contribution in [0.15, 0.2) is 47.3 Å². The van der Waals surface area contributed by atoms with Gasteiger partial charge in [0.2, 0.25) is 0 Å². The monoisotopic (exact) mass is 367 g/mol. The van der Waals surface area contributed by atoms with Crippen molar-refractivity contribution in [1.82, 2.24) is 15.2 Å². The van der Waals surface area contributed by atoms with Gasteiger partial charge in [-0.2, -0.15) is 0 Å². The number of carbonyl (C=O) groups is 2. The van der Waals surface area contributed by atoms with Crippen LogP contribution in [-0.4, -0.2) is 47.1 Å². The Bertz CT molecular complexity index is 924. The van der Waals surface area contributed by atoms with E-state index in [2.05, 4.69) is 10.3 Å². The lowest BCUT2D eigenvalue weighted by molar-refractivity contribution is 0.0438. The molecule has 2 N–H and O–H groups in total.